The molecular formula is C14H23Cl2NTi. The zero-order valence-corrected chi connectivity index (χ0v) is 14.4. The van der Waals surface area contributed by atoms with Gasteiger partial charge in [-0.2, -0.15) is 17.2 Å². The van der Waals surface area contributed by atoms with E-state index in [1.807, 2.05) is 0 Å². The Hall–Kier alpha value is 0.604. The number of halogens is 2. The Morgan fingerprint density at radius 2 is 1.72 bits per heavy atom. The maximum Gasteiger partial charge on any atom is 4.00 e. The molecule has 0 radical (unpaired) electrons. The molecule has 0 bridgehead atoms. The van der Waals surface area contributed by atoms with Gasteiger partial charge in [-0.1, -0.05) is 52.4 Å². The molecule has 1 aliphatic rings. The Labute approximate surface area is 139 Å². The minimum Gasteiger partial charge on any atom is -1.00 e. The molecule has 0 amide bonds. The van der Waals surface area contributed by atoms with Gasteiger partial charge in [-0.3, -0.25) is 0 Å². The van der Waals surface area contributed by atoms with E-state index in [4.69, 9.17) is 5.73 Å². The summed E-state index contributed by atoms with van der Waals surface area (Å²) < 4.78 is 0. The third-order valence-corrected chi connectivity index (χ3v) is 2.99. The summed E-state index contributed by atoms with van der Waals surface area (Å²) >= 11 is 0. The molecule has 0 aromatic heterocycles. The van der Waals surface area contributed by atoms with Crippen molar-refractivity contribution in [3.63, 3.8) is 0 Å². The normalized spacial score (nSPS) is 14.2. The largest absolute Gasteiger partial charge is 4.00 e. The molecule has 4 heteroatoms. The Morgan fingerprint density at radius 1 is 1.17 bits per heavy atom. The van der Waals surface area contributed by atoms with E-state index >= 15 is 0 Å². The van der Waals surface area contributed by atoms with E-state index in [2.05, 4.69) is 32.0 Å². The molecule has 102 valence electrons. The number of aryl methyl sites for hydroxylation is 2. The first-order valence-corrected chi connectivity index (χ1v) is 6.15. The second-order valence-corrected chi connectivity index (χ2v) is 4.49. The molecule has 0 aliphatic heterocycles. The van der Waals surface area contributed by atoms with E-state index < -0.39 is 0 Å². The van der Waals surface area contributed by atoms with Gasteiger partial charge in [0.15, 0.2) is 0 Å². The number of rotatable bonds is 1. The zero-order chi connectivity index (χ0) is 11.1. The van der Waals surface area contributed by atoms with Crippen LogP contribution in [0.1, 0.15) is 50.2 Å². The minimum absolute atomic E-state index is 0. The van der Waals surface area contributed by atoms with Crippen molar-refractivity contribution in [1.29, 1.82) is 0 Å². The van der Waals surface area contributed by atoms with Gasteiger partial charge in [-0.05, 0) is 0 Å². The summed E-state index contributed by atoms with van der Waals surface area (Å²) in [7, 11) is 0. The van der Waals surface area contributed by atoms with Gasteiger partial charge < -0.3 is 30.5 Å². The summed E-state index contributed by atoms with van der Waals surface area (Å²) in [6.45, 7) is 4.30. The SMILES string of the molecule is CCc1ccc(C)[cH-]1.[Cl-].[Cl-].[NH-]C1CCCCC1.[Ti+4]. The van der Waals surface area contributed by atoms with Crippen LogP contribution in [-0.2, 0) is 28.1 Å². The minimum atomic E-state index is 0. The van der Waals surface area contributed by atoms with Crippen molar-refractivity contribution in [2.45, 2.75) is 58.4 Å². The van der Waals surface area contributed by atoms with E-state index in [0.29, 0.717) is 0 Å². The average molecular weight is 324 g/mol. The molecule has 0 spiro atoms. The molecule has 1 aromatic rings. The molecule has 0 unspecified atom stereocenters. The van der Waals surface area contributed by atoms with Gasteiger partial charge in [0.2, 0.25) is 0 Å². The molecule has 0 heterocycles. The molecule has 0 saturated heterocycles. The van der Waals surface area contributed by atoms with Crippen LogP contribution >= 0.6 is 0 Å². The monoisotopic (exact) mass is 323 g/mol. The zero-order valence-electron chi connectivity index (χ0n) is 11.3. The Bertz CT molecular complexity index is 271. The molecule has 18 heavy (non-hydrogen) atoms. The summed E-state index contributed by atoms with van der Waals surface area (Å²) in [5, 5.41) is 0. The maximum atomic E-state index is 7.27. The van der Waals surface area contributed by atoms with Crippen molar-refractivity contribution >= 4 is 0 Å². The summed E-state index contributed by atoms with van der Waals surface area (Å²) in [6.07, 6.45) is 7.44. The van der Waals surface area contributed by atoms with Crippen molar-refractivity contribution in [2.75, 3.05) is 0 Å². The van der Waals surface area contributed by atoms with Gasteiger partial charge in [-0.15, -0.1) is 6.04 Å². The summed E-state index contributed by atoms with van der Waals surface area (Å²) in [5.74, 6) is 0. The van der Waals surface area contributed by atoms with E-state index in [-0.39, 0.29) is 52.6 Å². The van der Waals surface area contributed by atoms with Crippen molar-refractivity contribution in [1.82, 2.24) is 0 Å². The van der Waals surface area contributed by atoms with Gasteiger partial charge in [0.1, 0.15) is 0 Å². The molecular weight excluding hydrogens is 301 g/mol. The summed E-state index contributed by atoms with van der Waals surface area (Å²) in [5.41, 5.74) is 10.1. The topological polar surface area (TPSA) is 23.8 Å². The number of nitrogens with one attached hydrogen (secondary N) is 1. The van der Waals surface area contributed by atoms with Gasteiger partial charge >= 0.3 is 21.7 Å². The van der Waals surface area contributed by atoms with Crippen LogP contribution in [0.2, 0.25) is 0 Å². The number of hydrogen-bond donors (Lipinski definition) is 0. The molecule has 2 rings (SSSR count). The molecule has 1 saturated carbocycles. The van der Waals surface area contributed by atoms with E-state index in [9.17, 15) is 0 Å². The van der Waals surface area contributed by atoms with E-state index in [0.717, 1.165) is 19.3 Å². The molecule has 0 atom stereocenters. The van der Waals surface area contributed by atoms with Gasteiger partial charge in [0.25, 0.3) is 0 Å². The van der Waals surface area contributed by atoms with Gasteiger partial charge in [-0.25, -0.2) is 12.1 Å². The van der Waals surface area contributed by atoms with Crippen molar-refractivity contribution in [2.24, 2.45) is 0 Å². The van der Waals surface area contributed by atoms with Gasteiger partial charge in [0, 0.05) is 0 Å². The van der Waals surface area contributed by atoms with Crippen LogP contribution in [0.3, 0.4) is 0 Å². The van der Waals surface area contributed by atoms with Crippen LogP contribution in [0, 0.1) is 6.92 Å². The molecule has 1 aromatic carbocycles. The predicted octanol–water partition coefficient (Wildman–Crippen LogP) is -1.35. The van der Waals surface area contributed by atoms with Crippen LogP contribution in [0.5, 0.6) is 0 Å². The fraction of sp³-hybridized carbons (Fsp3) is 0.643. The van der Waals surface area contributed by atoms with Crippen LogP contribution in [0.15, 0.2) is 18.2 Å². The summed E-state index contributed by atoms with van der Waals surface area (Å²) in [4.78, 5) is 0. The Balaban J connectivity index is -0.000000215. The molecule has 1 aliphatic carbocycles. The van der Waals surface area contributed by atoms with Crippen molar-refractivity contribution in [3.05, 3.63) is 35.1 Å². The molecule has 1 nitrogen and oxygen atoms in total. The average Bonchev–Trinajstić information content (AvgIpc) is 2.66. The van der Waals surface area contributed by atoms with Crippen LogP contribution in [0.25, 0.3) is 5.73 Å². The van der Waals surface area contributed by atoms with Crippen LogP contribution in [-0.4, -0.2) is 6.04 Å². The van der Waals surface area contributed by atoms with Crippen molar-refractivity contribution < 1.29 is 46.5 Å². The second kappa shape index (κ2) is 14.0. The second-order valence-electron chi connectivity index (χ2n) is 4.49. The van der Waals surface area contributed by atoms with Gasteiger partial charge in [0.05, 0.1) is 0 Å². The molecule has 1 fully saturated rings. The third kappa shape index (κ3) is 10.5. The predicted molar refractivity (Wildman–Crippen MR) is 67.3 cm³/mol. The first-order valence-electron chi connectivity index (χ1n) is 6.15. The molecule has 1 N–H and O–H groups in total. The van der Waals surface area contributed by atoms with E-state index in [1.165, 1.54) is 30.4 Å². The van der Waals surface area contributed by atoms with Crippen LogP contribution in [0.4, 0.5) is 0 Å². The quantitative estimate of drug-likeness (QED) is 0.451. The Kier molecular flexibility index (Phi) is 18.4. The standard InChI is InChI=1S/C8H11.C6H12N.2ClH.Ti/c1-3-8-5-4-7(2)6-8;7-6-4-2-1-3-5-6;;;/h4-6H,3H2,1-2H3;6-7H,1-5H2;2*1H;/q2*-1;;;+4/p-2. The fourth-order valence-electron chi connectivity index (χ4n) is 1.95. The first-order chi connectivity index (χ1) is 7.22. The maximum absolute atomic E-state index is 7.27. The van der Waals surface area contributed by atoms with Crippen molar-refractivity contribution in [3.8, 4) is 0 Å². The van der Waals surface area contributed by atoms with Crippen LogP contribution < -0.4 is 24.8 Å². The van der Waals surface area contributed by atoms with E-state index in [1.54, 1.807) is 0 Å². The number of hydrogen-bond acceptors (Lipinski definition) is 0. The Morgan fingerprint density at radius 3 is 1.94 bits per heavy atom. The first kappa shape index (κ1) is 23.7. The summed E-state index contributed by atoms with van der Waals surface area (Å²) in [6, 6.07) is 6.84. The smallest absolute Gasteiger partial charge is 1.00 e. The third-order valence-electron chi connectivity index (χ3n) is 2.99. The fourth-order valence-corrected chi connectivity index (χ4v) is 1.95.